The fraction of sp³-hybridized carbons (Fsp3) is 0.227. The van der Waals surface area contributed by atoms with E-state index in [1.807, 2.05) is 0 Å². The molecule has 3 heterocycles. The fourth-order valence-corrected chi connectivity index (χ4v) is 3.64. The third-order valence-electron chi connectivity index (χ3n) is 5.17. The lowest BCUT2D eigenvalue weighted by Crippen LogP contribution is -2.19. The van der Waals surface area contributed by atoms with E-state index in [1.54, 1.807) is 24.0 Å². The van der Waals surface area contributed by atoms with Crippen molar-refractivity contribution < 1.29 is 31.8 Å². The number of hydrogen-bond acceptors (Lipinski definition) is 6. The highest BCUT2D eigenvalue weighted by molar-refractivity contribution is 6.10. The van der Waals surface area contributed by atoms with Gasteiger partial charge in [-0.25, -0.2) is 9.37 Å². The van der Waals surface area contributed by atoms with Crippen LogP contribution in [0.1, 0.15) is 15.9 Å². The van der Waals surface area contributed by atoms with Gasteiger partial charge in [0.25, 0.3) is 5.91 Å². The summed E-state index contributed by atoms with van der Waals surface area (Å²) in [6.07, 6.45) is -2.28. The molecule has 0 radical (unpaired) electrons. The minimum Gasteiger partial charge on any atom is -0.493 e. The first kappa shape index (κ1) is 23.1. The number of pyridine rings is 1. The number of rotatable bonds is 2. The lowest BCUT2D eigenvalue weighted by Gasteiger charge is -2.09. The number of hydrogen-bond donors (Lipinski definition) is 2. The average Bonchev–Trinajstić information content (AvgIpc) is 3.39. The topological polar surface area (TPSA) is 104 Å². The van der Waals surface area contributed by atoms with E-state index >= 15 is 0 Å². The number of nitrogens with one attached hydrogen (secondary N) is 1. The van der Waals surface area contributed by atoms with Crippen LogP contribution in [0, 0.1) is 5.82 Å². The summed E-state index contributed by atoms with van der Waals surface area (Å²) in [6, 6.07) is 6.82. The second-order valence-electron chi connectivity index (χ2n) is 7.37. The van der Waals surface area contributed by atoms with Gasteiger partial charge >= 0.3 is 6.36 Å². The fourth-order valence-electron chi connectivity index (χ4n) is 3.64. The maximum Gasteiger partial charge on any atom is 0.573 e. The van der Waals surface area contributed by atoms with Crippen LogP contribution in [0.25, 0.3) is 21.8 Å². The molecule has 2 aromatic heterocycles. The second-order valence-corrected chi connectivity index (χ2v) is 7.37. The lowest BCUT2D eigenvalue weighted by molar-refractivity contribution is -0.274. The molecule has 34 heavy (non-hydrogen) atoms. The minimum atomic E-state index is -4.65. The van der Waals surface area contributed by atoms with Crippen molar-refractivity contribution in [3.05, 3.63) is 53.5 Å². The number of fused-ring (bicyclic) bond motifs is 4. The SMILES string of the molecule is CNC(=O)c1cc2c(cc1F)nc(N)c1c2cnn1C.FC(F)(F)Oc1ccc2c(c1)OCC2. The summed E-state index contributed by atoms with van der Waals surface area (Å²) in [5.41, 5.74) is 7.81. The number of nitrogens with two attached hydrogens (primary N) is 1. The van der Waals surface area contributed by atoms with Crippen LogP contribution in [-0.2, 0) is 13.5 Å². The lowest BCUT2D eigenvalue weighted by atomic mass is 10.1. The van der Waals surface area contributed by atoms with Gasteiger partial charge in [-0.15, -0.1) is 13.2 Å². The number of amides is 1. The molecule has 0 spiro atoms. The first-order chi connectivity index (χ1) is 16.1. The van der Waals surface area contributed by atoms with Gasteiger partial charge in [-0.05, 0) is 17.7 Å². The Bertz CT molecular complexity index is 1400. The maximum atomic E-state index is 13.9. The highest BCUT2D eigenvalue weighted by Crippen LogP contribution is 2.32. The molecule has 3 N–H and O–H groups in total. The summed E-state index contributed by atoms with van der Waals surface area (Å²) in [5.74, 6) is -0.602. The molecule has 4 aromatic rings. The van der Waals surface area contributed by atoms with E-state index in [2.05, 4.69) is 20.1 Å². The number of aromatic nitrogens is 3. The highest BCUT2D eigenvalue weighted by atomic mass is 19.4. The largest absolute Gasteiger partial charge is 0.573 e. The van der Waals surface area contributed by atoms with E-state index in [-0.39, 0.29) is 17.1 Å². The summed E-state index contributed by atoms with van der Waals surface area (Å²) < 4.78 is 59.9. The van der Waals surface area contributed by atoms with Crippen LogP contribution >= 0.6 is 0 Å². The number of aryl methyl sites for hydroxylation is 1. The van der Waals surface area contributed by atoms with Crippen molar-refractivity contribution >= 4 is 33.5 Å². The standard InChI is InChI=1S/C13H12FN5O.C9H7F3O2/c1-16-13(20)7-3-6-8-5-17-19(2)11(8)12(15)18-10(6)4-9(7)14;10-9(11,12)14-7-2-1-6-3-4-13-8(6)5-7/h3-5H,1-2H3,(H2,15,18)(H,16,20);1-2,5H,3-4H2. The highest BCUT2D eigenvalue weighted by Gasteiger charge is 2.31. The third kappa shape index (κ3) is 4.51. The molecule has 0 atom stereocenters. The number of alkyl halides is 3. The molecule has 1 aliphatic heterocycles. The summed E-state index contributed by atoms with van der Waals surface area (Å²) in [4.78, 5) is 15.8. The van der Waals surface area contributed by atoms with Crippen LogP contribution in [0.2, 0.25) is 0 Å². The average molecular weight is 477 g/mol. The number of ether oxygens (including phenoxy) is 2. The van der Waals surface area contributed by atoms with Crippen molar-refractivity contribution in [1.82, 2.24) is 20.1 Å². The predicted molar refractivity (Wildman–Crippen MR) is 116 cm³/mol. The van der Waals surface area contributed by atoms with E-state index in [4.69, 9.17) is 10.5 Å². The van der Waals surface area contributed by atoms with Crippen LogP contribution in [0.15, 0.2) is 36.5 Å². The van der Waals surface area contributed by atoms with Gasteiger partial charge in [-0.2, -0.15) is 5.10 Å². The Kier molecular flexibility index (Phi) is 5.90. The number of benzene rings is 2. The van der Waals surface area contributed by atoms with Gasteiger partial charge in [0.05, 0.1) is 23.9 Å². The van der Waals surface area contributed by atoms with Crippen molar-refractivity contribution in [2.24, 2.45) is 7.05 Å². The molecule has 2 aromatic carbocycles. The van der Waals surface area contributed by atoms with Crippen molar-refractivity contribution in [1.29, 1.82) is 0 Å². The Morgan fingerprint density at radius 2 is 2.00 bits per heavy atom. The van der Waals surface area contributed by atoms with Crippen LogP contribution in [0.5, 0.6) is 11.5 Å². The Labute approximate surface area is 190 Å². The Morgan fingerprint density at radius 3 is 2.71 bits per heavy atom. The van der Waals surface area contributed by atoms with Gasteiger partial charge < -0.3 is 20.5 Å². The van der Waals surface area contributed by atoms with E-state index in [1.165, 1.54) is 31.3 Å². The molecule has 0 aliphatic carbocycles. The van der Waals surface area contributed by atoms with E-state index in [9.17, 15) is 22.4 Å². The summed E-state index contributed by atoms with van der Waals surface area (Å²) in [7, 11) is 3.20. The zero-order valence-electron chi connectivity index (χ0n) is 18.0. The molecule has 0 fully saturated rings. The molecule has 0 saturated carbocycles. The van der Waals surface area contributed by atoms with Crippen LogP contribution < -0.4 is 20.5 Å². The number of anilines is 1. The quantitative estimate of drug-likeness (QED) is 0.427. The second kappa shape index (κ2) is 8.69. The number of carbonyl (C=O) groups excluding carboxylic acids is 1. The van der Waals surface area contributed by atoms with Crippen molar-refractivity contribution in [2.75, 3.05) is 19.4 Å². The Hall–Kier alpha value is -4.09. The maximum absolute atomic E-state index is 13.9. The zero-order chi connectivity index (χ0) is 24.6. The Morgan fingerprint density at radius 1 is 1.24 bits per heavy atom. The molecule has 1 amide bonds. The number of nitrogen functional groups attached to an aromatic ring is 1. The third-order valence-corrected chi connectivity index (χ3v) is 5.17. The number of carbonyl (C=O) groups is 1. The van der Waals surface area contributed by atoms with Gasteiger partial charge in [0.15, 0.2) is 0 Å². The van der Waals surface area contributed by atoms with Gasteiger partial charge in [0.1, 0.15) is 28.7 Å². The molecule has 0 bridgehead atoms. The van der Waals surface area contributed by atoms with Gasteiger partial charge in [0, 0.05) is 43.4 Å². The molecular weight excluding hydrogens is 458 g/mol. The van der Waals surface area contributed by atoms with Crippen molar-refractivity contribution in [3.8, 4) is 11.5 Å². The summed E-state index contributed by atoms with van der Waals surface area (Å²) >= 11 is 0. The smallest absolute Gasteiger partial charge is 0.493 e. The molecule has 0 saturated heterocycles. The van der Waals surface area contributed by atoms with E-state index in [0.29, 0.717) is 28.8 Å². The molecule has 5 rings (SSSR count). The normalized spacial score (nSPS) is 12.6. The van der Waals surface area contributed by atoms with E-state index in [0.717, 1.165) is 17.4 Å². The molecule has 0 unspecified atom stereocenters. The molecule has 8 nitrogen and oxygen atoms in total. The van der Waals surface area contributed by atoms with Gasteiger partial charge in [-0.1, -0.05) is 6.07 Å². The van der Waals surface area contributed by atoms with Crippen molar-refractivity contribution in [3.63, 3.8) is 0 Å². The molecular formula is C22H19F4N5O3. The van der Waals surface area contributed by atoms with Gasteiger partial charge in [0.2, 0.25) is 0 Å². The van der Waals surface area contributed by atoms with Crippen molar-refractivity contribution in [2.45, 2.75) is 12.8 Å². The monoisotopic (exact) mass is 477 g/mol. The minimum absolute atomic E-state index is 0.0308. The Balaban J connectivity index is 0.000000172. The van der Waals surface area contributed by atoms with Crippen LogP contribution in [-0.4, -0.2) is 40.7 Å². The molecule has 178 valence electrons. The van der Waals surface area contributed by atoms with Crippen LogP contribution in [0.3, 0.4) is 0 Å². The predicted octanol–water partition coefficient (Wildman–Crippen LogP) is 3.72. The van der Waals surface area contributed by atoms with Crippen LogP contribution in [0.4, 0.5) is 23.4 Å². The summed E-state index contributed by atoms with van der Waals surface area (Å²) in [5, 5.41) is 7.91. The number of nitrogens with zero attached hydrogens (tertiary/aromatic N) is 3. The first-order valence-electron chi connectivity index (χ1n) is 10.0. The van der Waals surface area contributed by atoms with Gasteiger partial charge in [-0.3, -0.25) is 9.48 Å². The molecule has 12 heteroatoms. The summed E-state index contributed by atoms with van der Waals surface area (Å²) in [6.45, 7) is 0.519. The first-order valence-corrected chi connectivity index (χ1v) is 10.0. The zero-order valence-corrected chi connectivity index (χ0v) is 18.0. The number of halogens is 4. The van der Waals surface area contributed by atoms with E-state index < -0.39 is 18.1 Å². The molecule has 1 aliphatic rings.